The van der Waals surface area contributed by atoms with Gasteiger partial charge in [0.1, 0.15) is 0 Å². The lowest BCUT2D eigenvalue weighted by molar-refractivity contribution is -0.115. The fraction of sp³-hybridized carbons (Fsp3) is 0.400. The van der Waals surface area contributed by atoms with Crippen LogP contribution in [0.1, 0.15) is 6.92 Å². The maximum atomic E-state index is 11.3. The Kier molecular flexibility index (Phi) is 4.56. The number of nitrogens with zero attached hydrogens (tertiary/aromatic N) is 2. The summed E-state index contributed by atoms with van der Waals surface area (Å²) in [4.78, 5) is 11.3. The molecule has 1 amide bonds. The second-order valence-corrected chi connectivity index (χ2v) is 3.05. The van der Waals surface area contributed by atoms with E-state index < -0.39 is 0 Å². The van der Waals surface area contributed by atoms with E-state index in [1.807, 2.05) is 6.92 Å². The SMILES string of the molecule is C=CCNCC(=O)Nc1cnn(CC)c1. The van der Waals surface area contributed by atoms with Gasteiger partial charge < -0.3 is 10.6 Å². The summed E-state index contributed by atoms with van der Waals surface area (Å²) in [7, 11) is 0. The van der Waals surface area contributed by atoms with Gasteiger partial charge in [-0.1, -0.05) is 6.08 Å². The quantitative estimate of drug-likeness (QED) is 0.532. The van der Waals surface area contributed by atoms with Crippen LogP contribution in [0.5, 0.6) is 0 Å². The van der Waals surface area contributed by atoms with Crippen molar-refractivity contribution in [2.75, 3.05) is 18.4 Å². The molecule has 5 nitrogen and oxygen atoms in total. The lowest BCUT2D eigenvalue weighted by Gasteiger charge is -2.02. The monoisotopic (exact) mass is 208 g/mol. The summed E-state index contributed by atoms with van der Waals surface area (Å²) in [5.41, 5.74) is 0.724. The van der Waals surface area contributed by atoms with Crippen LogP contribution in [0.2, 0.25) is 0 Å². The molecule has 1 aromatic heterocycles. The standard InChI is InChI=1S/C10H16N4O/c1-3-5-11-7-10(15)13-9-6-12-14(4-2)8-9/h3,6,8,11H,1,4-5,7H2,2H3,(H,13,15). The lowest BCUT2D eigenvalue weighted by atomic mass is 10.5. The van der Waals surface area contributed by atoms with Crippen molar-refractivity contribution in [3.63, 3.8) is 0 Å². The van der Waals surface area contributed by atoms with Crippen molar-refractivity contribution in [2.24, 2.45) is 0 Å². The van der Waals surface area contributed by atoms with Gasteiger partial charge in [0.2, 0.25) is 5.91 Å². The molecule has 0 spiro atoms. The highest BCUT2D eigenvalue weighted by Gasteiger charge is 2.02. The highest BCUT2D eigenvalue weighted by Crippen LogP contribution is 2.03. The van der Waals surface area contributed by atoms with Gasteiger partial charge in [-0.25, -0.2) is 0 Å². The molecule has 0 unspecified atom stereocenters. The minimum Gasteiger partial charge on any atom is -0.322 e. The maximum absolute atomic E-state index is 11.3. The van der Waals surface area contributed by atoms with Gasteiger partial charge in [-0.2, -0.15) is 5.10 Å². The molecule has 2 N–H and O–H groups in total. The molecule has 1 aromatic rings. The molecular formula is C10H16N4O. The van der Waals surface area contributed by atoms with Gasteiger partial charge >= 0.3 is 0 Å². The van der Waals surface area contributed by atoms with Crippen LogP contribution in [0.3, 0.4) is 0 Å². The summed E-state index contributed by atoms with van der Waals surface area (Å²) in [5, 5.41) is 9.70. The lowest BCUT2D eigenvalue weighted by Crippen LogP contribution is -2.27. The van der Waals surface area contributed by atoms with E-state index in [0.29, 0.717) is 6.54 Å². The smallest absolute Gasteiger partial charge is 0.238 e. The third kappa shape index (κ3) is 3.95. The second kappa shape index (κ2) is 5.98. The van der Waals surface area contributed by atoms with Gasteiger partial charge in [-0.3, -0.25) is 9.48 Å². The van der Waals surface area contributed by atoms with Crippen LogP contribution in [0.15, 0.2) is 25.0 Å². The molecule has 82 valence electrons. The predicted molar refractivity (Wildman–Crippen MR) is 59.6 cm³/mol. The van der Waals surface area contributed by atoms with Crippen molar-refractivity contribution in [3.05, 3.63) is 25.0 Å². The summed E-state index contributed by atoms with van der Waals surface area (Å²) in [6, 6.07) is 0. The van der Waals surface area contributed by atoms with Crippen LogP contribution in [0, 0.1) is 0 Å². The zero-order chi connectivity index (χ0) is 11.1. The average molecular weight is 208 g/mol. The summed E-state index contributed by atoms with van der Waals surface area (Å²) in [5.74, 6) is -0.0764. The van der Waals surface area contributed by atoms with Crippen LogP contribution in [0.25, 0.3) is 0 Å². The van der Waals surface area contributed by atoms with E-state index in [1.165, 1.54) is 0 Å². The Hall–Kier alpha value is -1.62. The van der Waals surface area contributed by atoms with Gasteiger partial charge in [0, 0.05) is 19.3 Å². The molecule has 1 heterocycles. The minimum atomic E-state index is -0.0764. The van der Waals surface area contributed by atoms with Crippen LogP contribution in [-0.2, 0) is 11.3 Å². The first-order valence-corrected chi connectivity index (χ1v) is 4.90. The van der Waals surface area contributed by atoms with Crippen molar-refractivity contribution in [1.82, 2.24) is 15.1 Å². The number of aromatic nitrogens is 2. The van der Waals surface area contributed by atoms with Crippen LogP contribution in [-0.4, -0.2) is 28.8 Å². The summed E-state index contributed by atoms with van der Waals surface area (Å²) in [6.45, 7) is 7.24. The first kappa shape index (κ1) is 11.5. The normalized spacial score (nSPS) is 9.93. The fourth-order valence-corrected chi connectivity index (χ4v) is 1.09. The van der Waals surface area contributed by atoms with E-state index in [4.69, 9.17) is 0 Å². The molecule has 0 aliphatic carbocycles. The molecule has 15 heavy (non-hydrogen) atoms. The van der Waals surface area contributed by atoms with E-state index >= 15 is 0 Å². The molecule has 0 aliphatic rings. The number of carbonyl (C=O) groups is 1. The third-order valence-corrected chi connectivity index (χ3v) is 1.82. The molecule has 0 atom stereocenters. The molecule has 1 rings (SSSR count). The number of hydrogen-bond donors (Lipinski definition) is 2. The minimum absolute atomic E-state index is 0.0764. The molecule has 0 saturated heterocycles. The summed E-state index contributed by atoms with van der Waals surface area (Å²) >= 11 is 0. The van der Waals surface area contributed by atoms with Crippen molar-refractivity contribution in [3.8, 4) is 0 Å². The van der Waals surface area contributed by atoms with Crippen molar-refractivity contribution < 1.29 is 4.79 Å². The molecule has 5 heteroatoms. The Balaban J connectivity index is 2.33. The number of nitrogens with one attached hydrogen (secondary N) is 2. The van der Waals surface area contributed by atoms with Crippen molar-refractivity contribution >= 4 is 11.6 Å². The number of rotatable bonds is 6. The highest BCUT2D eigenvalue weighted by atomic mass is 16.1. The van der Waals surface area contributed by atoms with E-state index in [0.717, 1.165) is 12.2 Å². The summed E-state index contributed by atoms with van der Waals surface area (Å²) in [6.07, 6.45) is 5.14. The van der Waals surface area contributed by atoms with Gasteiger partial charge in [0.25, 0.3) is 0 Å². The highest BCUT2D eigenvalue weighted by molar-refractivity contribution is 5.91. The van der Waals surface area contributed by atoms with Gasteiger partial charge in [0.05, 0.1) is 18.4 Å². The van der Waals surface area contributed by atoms with Crippen LogP contribution >= 0.6 is 0 Å². The van der Waals surface area contributed by atoms with Crippen molar-refractivity contribution in [1.29, 1.82) is 0 Å². The molecule has 0 radical (unpaired) electrons. The van der Waals surface area contributed by atoms with Crippen LogP contribution < -0.4 is 10.6 Å². The number of aryl methyl sites for hydroxylation is 1. The number of carbonyl (C=O) groups excluding carboxylic acids is 1. The Labute approximate surface area is 89.2 Å². The molecule has 0 bridgehead atoms. The van der Waals surface area contributed by atoms with E-state index in [1.54, 1.807) is 23.2 Å². The van der Waals surface area contributed by atoms with Gasteiger partial charge in [0.15, 0.2) is 0 Å². The first-order valence-electron chi connectivity index (χ1n) is 4.90. The molecule has 0 saturated carbocycles. The number of anilines is 1. The predicted octanol–water partition coefficient (Wildman–Crippen LogP) is 0.617. The first-order chi connectivity index (χ1) is 7.26. The number of amides is 1. The largest absolute Gasteiger partial charge is 0.322 e. The molecular weight excluding hydrogens is 192 g/mol. The molecule has 0 aliphatic heterocycles. The Morgan fingerprint density at radius 3 is 3.13 bits per heavy atom. The third-order valence-electron chi connectivity index (χ3n) is 1.82. The van der Waals surface area contributed by atoms with Gasteiger partial charge in [-0.15, -0.1) is 6.58 Å². The average Bonchev–Trinajstić information content (AvgIpc) is 2.66. The maximum Gasteiger partial charge on any atom is 0.238 e. The van der Waals surface area contributed by atoms with E-state index in [-0.39, 0.29) is 12.5 Å². The Bertz CT molecular complexity index is 332. The Morgan fingerprint density at radius 2 is 2.53 bits per heavy atom. The van der Waals surface area contributed by atoms with E-state index in [2.05, 4.69) is 22.3 Å². The number of hydrogen-bond acceptors (Lipinski definition) is 3. The van der Waals surface area contributed by atoms with Crippen LogP contribution in [0.4, 0.5) is 5.69 Å². The molecule has 0 aromatic carbocycles. The molecule has 0 fully saturated rings. The fourth-order valence-electron chi connectivity index (χ4n) is 1.09. The summed E-state index contributed by atoms with van der Waals surface area (Å²) < 4.78 is 1.76. The van der Waals surface area contributed by atoms with Crippen molar-refractivity contribution in [2.45, 2.75) is 13.5 Å². The Morgan fingerprint density at radius 1 is 1.73 bits per heavy atom. The van der Waals surface area contributed by atoms with Gasteiger partial charge in [-0.05, 0) is 6.92 Å². The topological polar surface area (TPSA) is 59.0 Å². The van der Waals surface area contributed by atoms with E-state index in [9.17, 15) is 4.79 Å². The second-order valence-electron chi connectivity index (χ2n) is 3.05. The zero-order valence-corrected chi connectivity index (χ0v) is 8.86. The zero-order valence-electron chi connectivity index (χ0n) is 8.86.